The highest BCUT2D eigenvalue weighted by Gasteiger charge is 2.26. The summed E-state index contributed by atoms with van der Waals surface area (Å²) in [6, 6.07) is 0.855. The molecule has 0 saturated heterocycles. The quantitative estimate of drug-likeness (QED) is 0.758. The Balaban J connectivity index is 2.57. The van der Waals surface area contributed by atoms with Crippen molar-refractivity contribution in [1.29, 1.82) is 0 Å². The molecule has 3 nitrogen and oxygen atoms in total. The Hall–Kier alpha value is -0.570. The van der Waals surface area contributed by atoms with Crippen molar-refractivity contribution in [2.75, 3.05) is 6.54 Å². The average Bonchev–Trinajstić information content (AvgIpc) is 2.29. The van der Waals surface area contributed by atoms with Crippen LogP contribution in [-0.2, 0) is 4.79 Å². The second-order valence-corrected chi connectivity index (χ2v) is 4.78. The normalized spacial score (nSPS) is 19.9. The summed E-state index contributed by atoms with van der Waals surface area (Å²) >= 11 is 0. The maximum Gasteiger partial charge on any atom is 0.304 e. The zero-order valence-electron chi connectivity index (χ0n) is 10.6. The molecule has 94 valence electrons. The van der Waals surface area contributed by atoms with E-state index in [4.69, 9.17) is 5.11 Å². The van der Waals surface area contributed by atoms with Gasteiger partial charge in [0.15, 0.2) is 0 Å². The first kappa shape index (κ1) is 13.5. The first-order valence-electron chi connectivity index (χ1n) is 6.66. The Morgan fingerprint density at radius 3 is 2.38 bits per heavy atom. The van der Waals surface area contributed by atoms with Crippen molar-refractivity contribution in [3.63, 3.8) is 0 Å². The third kappa shape index (κ3) is 3.78. The smallest absolute Gasteiger partial charge is 0.304 e. The van der Waals surface area contributed by atoms with E-state index in [-0.39, 0.29) is 6.04 Å². The predicted molar refractivity (Wildman–Crippen MR) is 65.6 cm³/mol. The fraction of sp³-hybridized carbons (Fsp3) is 0.923. The first-order valence-corrected chi connectivity index (χ1v) is 6.66. The molecule has 0 bridgehead atoms. The lowest BCUT2D eigenvalue weighted by molar-refractivity contribution is -0.138. The number of hydrogen-bond acceptors (Lipinski definition) is 2. The zero-order valence-corrected chi connectivity index (χ0v) is 10.6. The minimum absolute atomic E-state index is 0.227. The molecule has 1 N–H and O–H groups in total. The lowest BCUT2D eigenvalue weighted by atomic mass is 9.92. The second-order valence-electron chi connectivity index (χ2n) is 4.78. The number of rotatable bonds is 6. The van der Waals surface area contributed by atoms with Gasteiger partial charge in [0.05, 0.1) is 6.42 Å². The van der Waals surface area contributed by atoms with Crippen LogP contribution in [0.5, 0.6) is 0 Å². The van der Waals surface area contributed by atoms with Crippen LogP contribution in [0.3, 0.4) is 0 Å². The average molecular weight is 227 g/mol. The summed E-state index contributed by atoms with van der Waals surface area (Å²) in [5.74, 6) is -0.666. The monoisotopic (exact) mass is 227 g/mol. The van der Waals surface area contributed by atoms with Gasteiger partial charge in [0, 0.05) is 12.1 Å². The molecular formula is C13H25NO2. The predicted octanol–water partition coefficient (Wildman–Crippen LogP) is 2.89. The summed E-state index contributed by atoms with van der Waals surface area (Å²) < 4.78 is 0. The minimum atomic E-state index is -0.666. The van der Waals surface area contributed by atoms with Crippen molar-refractivity contribution in [2.45, 2.75) is 70.9 Å². The third-order valence-corrected chi connectivity index (χ3v) is 3.76. The molecular weight excluding hydrogens is 202 g/mol. The van der Waals surface area contributed by atoms with Crippen LogP contribution < -0.4 is 0 Å². The summed E-state index contributed by atoms with van der Waals surface area (Å²) in [4.78, 5) is 13.3. The number of carboxylic acids is 1. The first-order chi connectivity index (χ1) is 7.69. The number of aliphatic carboxylic acids is 1. The highest BCUT2D eigenvalue weighted by Crippen LogP contribution is 2.25. The number of nitrogens with zero attached hydrogens (tertiary/aromatic N) is 1. The molecule has 1 aliphatic rings. The van der Waals surface area contributed by atoms with Crippen LogP contribution in [0.15, 0.2) is 0 Å². The molecule has 0 aromatic carbocycles. The molecule has 0 aliphatic heterocycles. The summed E-state index contributed by atoms with van der Waals surface area (Å²) in [7, 11) is 0. The van der Waals surface area contributed by atoms with Gasteiger partial charge in [0.1, 0.15) is 0 Å². The summed E-state index contributed by atoms with van der Waals surface area (Å²) in [5.41, 5.74) is 0. The Bertz CT molecular complexity index is 212. The summed E-state index contributed by atoms with van der Waals surface area (Å²) in [6.45, 7) is 5.23. The van der Waals surface area contributed by atoms with Crippen LogP contribution in [0.25, 0.3) is 0 Å². The number of hydrogen-bond donors (Lipinski definition) is 1. The third-order valence-electron chi connectivity index (χ3n) is 3.76. The molecule has 1 saturated carbocycles. The molecule has 0 aromatic rings. The van der Waals surface area contributed by atoms with Crippen LogP contribution in [0.4, 0.5) is 0 Å². The molecule has 1 rings (SSSR count). The van der Waals surface area contributed by atoms with Crippen molar-refractivity contribution in [3.8, 4) is 0 Å². The van der Waals surface area contributed by atoms with E-state index in [1.165, 1.54) is 32.1 Å². The van der Waals surface area contributed by atoms with Crippen molar-refractivity contribution in [1.82, 2.24) is 4.90 Å². The molecule has 0 amide bonds. The van der Waals surface area contributed by atoms with Gasteiger partial charge in [-0.3, -0.25) is 9.69 Å². The van der Waals surface area contributed by atoms with Crippen molar-refractivity contribution >= 4 is 5.97 Å². The van der Waals surface area contributed by atoms with E-state index in [2.05, 4.69) is 18.7 Å². The van der Waals surface area contributed by atoms with Gasteiger partial charge in [0.25, 0.3) is 0 Å². The van der Waals surface area contributed by atoms with Crippen molar-refractivity contribution in [3.05, 3.63) is 0 Å². The Kier molecular flexibility index (Phi) is 5.81. The second kappa shape index (κ2) is 6.89. The van der Waals surface area contributed by atoms with Gasteiger partial charge in [-0.1, -0.05) is 33.1 Å². The molecule has 1 fully saturated rings. The van der Waals surface area contributed by atoms with E-state index in [0.717, 1.165) is 13.0 Å². The molecule has 1 aliphatic carbocycles. The van der Waals surface area contributed by atoms with Gasteiger partial charge in [-0.15, -0.1) is 0 Å². The van der Waals surface area contributed by atoms with Crippen LogP contribution >= 0.6 is 0 Å². The van der Waals surface area contributed by atoms with Crippen LogP contribution in [0, 0.1) is 0 Å². The van der Waals surface area contributed by atoms with Gasteiger partial charge in [-0.2, -0.15) is 0 Å². The van der Waals surface area contributed by atoms with Crippen LogP contribution in [-0.4, -0.2) is 34.6 Å². The number of carboxylic acid groups (broad SMARTS) is 1. The van der Waals surface area contributed by atoms with Crippen molar-refractivity contribution < 1.29 is 9.90 Å². The minimum Gasteiger partial charge on any atom is -0.481 e. The van der Waals surface area contributed by atoms with Gasteiger partial charge in [0.2, 0.25) is 0 Å². The number of carbonyl (C=O) groups is 1. The van der Waals surface area contributed by atoms with Gasteiger partial charge in [-0.05, 0) is 25.8 Å². The summed E-state index contributed by atoms with van der Waals surface area (Å²) in [6.07, 6.45) is 7.71. The molecule has 16 heavy (non-hydrogen) atoms. The standard InChI is InChI=1S/C13H25NO2/c1-3-11(10-13(15)16)14(4-2)12-8-6-5-7-9-12/h11-12H,3-10H2,1-2H3,(H,15,16). The SMILES string of the molecule is CCC(CC(=O)O)N(CC)C1CCCCC1. The molecule has 0 aromatic heterocycles. The maximum absolute atomic E-state index is 10.8. The Labute approximate surface area is 98.8 Å². The molecule has 1 atom stereocenters. The molecule has 1 unspecified atom stereocenters. The topological polar surface area (TPSA) is 40.5 Å². The molecule has 3 heteroatoms. The highest BCUT2D eigenvalue weighted by molar-refractivity contribution is 5.67. The van der Waals surface area contributed by atoms with E-state index < -0.39 is 5.97 Å². The van der Waals surface area contributed by atoms with E-state index >= 15 is 0 Å². The van der Waals surface area contributed by atoms with E-state index in [1.54, 1.807) is 0 Å². The lowest BCUT2D eigenvalue weighted by Crippen LogP contribution is -2.44. The van der Waals surface area contributed by atoms with Gasteiger partial charge < -0.3 is 5.11 Å². The molecule has 0 spiro atoms. The van der Waals surface area contributed by atoms with E-state index in [1.807, 2.05) is 0 Å². The van der Waals surface area contributed by atoms with E-state index in [9.17, 15) is 4.79 Å². The van der Waals surface area contributed by atoms with Crippen LogP contribution in [0.1, 0.15) is 58.8 Å². The molecule has 0 radical (unpaired) electrons. The maximum atomic E-state index is 10.8. The van der Waals surface area contributed by atoms with Crippen LogP contribution in [0.2, 0.25) is 0 Å². The Morgan fingerprint density at radius 2 is 1.94 bits per heavy atom. The largest absolute Gasteiger partial charge is 0.481 e. The fourth-order valence-corrected chi connectivity index (χ4v) is 2.92. The highest BCUT2D eigenvalue weighted by atomic mass is 16.4. The van der Waals surface area contributed by atoms with Gasteiger partial charge in [-0.25, -0.2) is 0 Å². The fourth-order valence-electron chi connectivity index (χ4n) is 2.92. The Morgan fingerprint density at radius 1 is 1.31 bits per heavy atom. The zero-order chi connectivity index (χ0) is 12.0. The van der Waals surface area contributed by atoms with E-state index in [0.29, 0.717) is 12.5 Å². The van der Waals surface area contributed by atoms with Gasteiger partial charge >= 0.3 is 5.97 Å². The molecule has 0 heterocycles. The summed E-state index contributed by atoms with van der Waals surface area (Å²) in [5, 5.41) is 8.93. The lowest BCUT2D eigenvalue weighted by Gasteiger charge is -2.38. The van der Waals surface area contributed by atoms with Crippen molar-refractivity contribution in [2.24, 2.45) is 0 Å².